The van der Waals surface area contributed by atoms with Gasteiger partial charge in [-0.15, -0.1) is 0 Å². The van der Waals surface area contributed by atoms with Crippen LogP contribution in [0.2, 0.25) is 0 Å². The van der Waals surface area contributed by atoms with Gasteiger partial charge in [-0.05, 0) is 38.3 Å². The van der Waals surface area contributed by atoms with Crippen molar-refractivity contribution < 1.29 is 4.74 Å². The molecule has 0 atom stereocenters. The summed E-state index contributed by atoms with van der Waals surface area (Å²) in [5.41, 5.74) is 1.26. The third kappa shape index (κ3) is 5.71. The second-order valence-electron chi connectivity index (χ2n) is 6.23. The Kier molecular flexibility index (Phi) is 7.89. The lowest BCUT2D eigenvalue weighted by atomic mass is 10.1. The predicted molar refractivity (Wildman–Crippen MR) is 102 cm³/mol. The summed E-state index contributed by atoms with van der Waals surface area (Å²) in [6.45, 7) is 6.89. The maximum atomic E-state index is 5.72. The highest BCUT2D eigenvalue weighted by Crippen LogP contribution is 2.14. The van der Waals surface area contributed by atoms with Crippen LogP contribution in [0.3, 0.4) is 0 Å². The Morgan fingerprint density at radius 3 is 2.62 bits per heavy atom. The van der Waals surface area contributed by atoms with Gasteiger partial charge in [0.2, 0.25) is 0 Å². The Balaban J connectivity index is 1.67. The second kappa shape index (κ2) is 10.2. The van der Waals surface area contributed by atoms with Gasteiger partial charge in [0.15, 0.2) is 5.96 Å². The van der Waals surface area contributed by atoms with E-state index in [0.29, 0.717) is 6.10 Å². The molecule has 24 heavy (non-hydrogen) atoms. The van der Waals surface area contributed by atoms with Gasteiger partial charge in [0.1, 0.15) is 0 Å². The second-order valence-corrected chi connectivity index (χ2v) is 6.23. The summed E-state index contributed by atoms with van der Waals surface area (Å²) in [5, 5.41) is 3.50. The van der Waals surface area contributed by atoms with Crippen LogP contribution in [-0.4, -0.2) is 63.8 Å². The molecule has 0 spiro atoms. The van der Waals surface area contributed by atoms with Crippen LogP contribution in [0.5, 0.6) is 0 Å². The molecule has 0 radical (unpaired) electrons. The summed E-state index contributed by atoms with van der Waals surface area (Å²) in [6, 6.07) is 10.5. The number of piperidine rings is 1. The molecule has 0 aromatic heterocycles. The number of hydrogen-bond donors (Lipinski definition) is 1. The third-order valence-electron chi connectivity index (χ3n) is 4.51. The zero-order valence-corrected chi connectivity index (χ0v) is 15.4. The van der Waals surface area contributed by atoms with Crippen LogP contribution < -0.4 is 10.2 Å². The molecule has 0 aliphatic carbocycles. The van der Waals surface area contributed by atoms with Crippen LogP contribution in [0.25, 0.3) is 0 Å². The Morgan fingerprint density at radius 2 is 2.00 bits per heavy atom. The predicted octanol–water partition coefficient (Wildman–Crippen LogP) is 2.59. The van der Waals surface area contributed by atoms with E-state index in [1.165, 1.54) is 5.69 Å². The van der Waals surface area contributed by atoms with Crippen molar-refractivity contribution in [3.63, 3.8) is 0 Å². The van der Waals surface area contributed by atoms with E-state index in [2.05, 4.69) is 64.4 Å². The smallest absolute Gasteiger partial charge is 0.193 e. The molecule has 1 N–H and O–H groups in total. The van der Waals surface area contributed by atoms with Gasteiger partial charge in [-0.3, -0.25) is 4.99 Å². The van der Waals surface area contributed by atoms with Crippen LogP contribution in [-0.2, 0) is 4.74 Å². The zero-order chi connectivity index (χ0) is 17.2. The van der Waals surface area contributed by atoms with E-state index in [1.54, 1.807) is 0 Å². The normalized spacial score (nSPS) is 16.3. The van der Waals surface area contributed by atoms with Gasteiger partial charge >= 0.3 is 0 Å². The van der Waals surface area contributed by atoms with E-state index in [-0.39, 0.29) is 0 Å². The number of nitrogens with zero attached hydrogens (tertiary/aromatic N) is 3. The van der Waals surface area contributed by atoms with Gasteiger partial charge in [0.05, 0.1) is 6.10 Å². The first-order valence-corrected chi connectivity index (χ1v) is 9.08. The van der Waals surface area contributed by atoms with Gasteiger partial charge in [-0.2, -0.15) is 0 Å². The minimum atomic E-state index is 0.420. The summed E-state index contributed by atoms with van der Waals surface area (Å²) < 4.78 is 5.72. The molecule has 1 aliphatic rings. The summed E-state index contributed by atoms with van der Waals surface area (Å²) in [5.74, 6) is 1.02. The van der Waals surface area contributed by atoms with Crippen LogP contribution in [0.15, 0.2) is 35.3 Å². The van der Waals surface area contributed by atoms with Crippen molar-refractivity contribution in [3.05, 3.63) is 30.3 Å². The van der Waals surface area contributed by atoms with E-state index >= 15 is 0 Å². The fourth-order valence-corrected chi connectivity index (χ4v) is 3.13. The molecule has 134 valence electrons. The lowest BCUT2D eigenvalue weighted by molar-refractivity contribution is 0.0264. The van der Waals surface area contributed by atoms with Crippen molar-refractivity contribution in [3.8, 4) is 0 Å². The van der Waals surface area contributed by atoms with E-state index < -0.39 is 0 Å². The number of ether oxygens (including phenoxy) is 1. The third-order valence-corrected chi connectivity index (χ3v) is 4.51. The Labute approximate surface area is 146 Å². The minimum absolute atomic E-state index is 0.420. The largest absolute Gasteiger partial charge is 0.378 e. The number of hydrogen-bond acceptors (Lipinski definition) is 3. The summed E-state index contributed by atoms with van der Waals surface area (Å²) in [6.07, 6.45) is 3.68. The minimum Gasteiger partial charge on any atom is -0.378 e. The summed E-state index contributed by atoms with van der Waals surface area (Å²) >= 11 is 0. The lowest BCUT2D eigenvalue weighted by Crippen LogP contribution is -2.47. The van der Waals surface area contributed by atoms with Crippen molar-refractivity contribution in [2.75, 3.05) is 51.8 Å². The summed E-state index contributed by atoms with van der Waals surface area (Å²) in [7, 11) is 4.01. The molecular formula is C19H32N4O. The van der Waals surface area contributed by atoms with E-state index in [4.69, 9.17) is 4.74 Å². The molecule has 0 amide bonds. The number of guanidine groups is 1. The SMILES string of the molecule is CCOC1CCN(C(=NC)NCCCN(C)c2ccccc2)CC1. The number of rotatable bonds is 7. The van der Waals surface area contributed by atoms with Crippen LogP contribution in [0.4, 0.5) is 5.69 Å². The van der Waals surface area contributed by atoms with Gasteiger partial charge in [-0.1, -0.05) is 18.2 Å². The highest BCUT2D eigenvalue weighted by Gasteiger charge is 2.21. The number of nitrogens with one attached hydrogen (secondary N) is 1. The number of benzene rings is 1. The van der Waals surface area contributed by atoms with Crippen molar-refractivity contribution >= 4 is 11.6 Å². The first-order chi connectivity index (χ1) is 11.7. The van der Waals surface area contributed by atoms with Gasteiger partial charge in [0, 0.05) is 52.6 Å². The molecule has 1 heterocycles. The quantitative estimate of drug-likeness (QED) is 0.473. The molecule has 1 saturated heterocycles. The van der Waals surface area contributed by atoms with Crippen LogP contribution in [0, 0.1) is 0 Å². The molecule has 1 aromatic carbocycles. The topological polar surface area (TPSA) is 40.1 Å². The van der Waals surface area contributed by atoms with Crippen LogP contribution in [0.1, 0.15) is 26.2 Å². The summed E-state index contributed by atoms with van der Waals surface area (Å²) in [4.78, 5) is 9.07. The van der Waals surface area contributed by atoms with E-state index in [1.807, 2.05) is 7.05 Å². The first-order valence-electron chi connectivity index (χ1n) is 9.08. The molecule has 0 bridgehead atoms. The van der Waals surface area contributed by atoms with Gasteiger partial charge in [0.25, 0.3) is 0 Å². The molecule has 1 aromatic rings. The molecule has 5 nitrogen and oxygen atoms in total. The Hall–Kier alpha value is -1.75. The lowest BCUT2D eigenvalue weighted by Gasteiger charge is -2.34. The van der Waals surface area contributed by atoms with Crippen LogP contribution >= 0.6 is 0 Å². The maximum Gasteiger partial charge on any atom is 0.193 e. The average molecular weight is 332 g/mol. The zero-order valence-electron chi connectivity index (χ0n) is 15.4. The standard InChI is InChI=1S/C19H32N4O/c1-4-24-18-11-15-23(16-12-18)19(20-2)21-13-8-14-22(3)17-9-6-5-7-10-17/h5-7,9-10,18H,4,8,11-16H2,1-3H3,(H,20,21). The first kappa shape index (κ1) is 18.6. The number of para-hydroxylation sites is 1. The number of aliphatic imine (C=N–C) groups is 1. The van der Waals surface area contributed by atoms with E-state index in [9.17, 15) is 0 Å². The maximum absolute atomic E-state index is 5.72. The Bertz CT molecular complexity index is 483. The molecule has 0 unspecified atom stereocenters. The highest BCUT2D eigenvalue weighted by atomic mass is 16.5. The number of anilines is 1. The molecule has 5 heteroatoms. The monoisotopic (exact) mass is 332 g/mol. The molecule has 0 saturated carbocycles. The Morgan fingerprint density at radius 1 is 1.29 bits per heavy atom. The average Bonchev–Trinajstić information content (AvgIpc) is 2.63. The van der Waals surface area contributed by atoms with Crippen molar-refractivity contribution in [1.82, 2.24) is 10.2 Å². The molecule has 1 aliphatic heterocycles. The van der Waals surface area contributed by atoms with Gasteiger partial charge < -0.3 is 19.9 Å². The van der Waals surface area contributed by atoms with Crippen molar-refractivity contribution in [2.24, 2.45) is 4.99 Å². The van der Waals surface area contributed by atoms with Gasteiger partial charge in [-0.25, -0.2) is 0 Å². The van der Waals surface area contributed by atoms with Crippen molar-refractivity contribution in [1.29, 1.82) is 0 Å². The molecule has 2 rings (SSSR count). The fourth-order valence-electron chi connectivity index (χ4n) is 3.13. The molecule has 1 fully saturated rings. The van der Waals surface area contributed by atoms with Crippen molar-refractivity contribution in [2.45, 2.75) is 32.3 Å². The fraction of sp³-hybridized carbons (Fsp3) is 0.632. The highest BCUT2D eigenvalue weighted by molar-refractivity contribution is 5.79. The molecular weight excluding hydrogens is 300 g/mol. The van der Waals surface area contributed by atoms with E-state index in [0.717, 1.165) is 58.0 Å². The number of likely N-dealkylation sites (tertiary alicyclic amines) is 1.